The second-order valence-corrected chi connectivity index (χ2v) is 7.74. The number of nitrogens with one attached hydrogen (secondary N) is 2. The summed E-state index contributed by atoms with van der Waals surface area (Å²) in [7, 11) is 1.91. The normalized spacial score (nSPS) is 23.8. The highest BCUT2D eigenvalue weighted by atomic mass is 15.5. The van der Waals surface area contributed by atoms with E-state index in [1.54, 1.807) is 5.01 Å². The molecular formula is C19H28N8. The predicted molar refractivity (Wildman–Crippen MR) is 109 cm³/mol. The summed E-state index contributed by atoms with van der Waals surface area (Å²) in [6.45, 7) is 9.24. The molecule has 27 heavy (non-hydrogen) atoms. The fourth-order valence-electron chi connectivity index (χ4n) is 3.67. The van der Waals surface area contributed by atoms with Crippen LogP contribution >= 0.6 is 0 Å². The molecule has 2 aliphatic rings. The second-order valence-electron chi connectivity index (χ2n) is 7.74. The van der Waals surface area contributed by atoms with E-state index in [4.69, 9.17) is 10.7 Å². The van der Waals surface area contributed by atoms with Crippen LogP contribution in [0, 0.1) is 12.8 Å². The fourth-order valence-corrected chi connectivity index (χ4v) is 3.67. The van der Waals surface area contributed by atoms with E-state index >= 15 is 0 Å². The van der Waals surface area contributed by atoms with E-state index in [1.165, 1.54) is 0 Å². The van der Waals surface area contributed by atoms with E-state index < -0.39 is 0 Å². The van der Waals surface area contributed by atoms with Crippen molar-refractivity contribution in [2.75, 3.05) is 26.7 Å². The van der Waals surface area contributed by atoms with Crippen molar-refractivity contribution in [3.63, 3.8) is 0 Å². The zero-order chi connectivity index (χ0) is 19.1. The third kappa shape index (κ3) is 3.30. The van der Waals surface area contributed by atoms with E-state index in [-0.39, 0.29) is 6.17 Å². The van der Waals surface area contributed by atoms with Gasteiger partial charge in [-0.25, -0.2) is 4.99 Å². The summed E-state index contributed by atoms with van der Waals surface area (Å²) in [4.78, 5) is 7.19. The Bertz CT molecular complexity index is 896. The second kappa shape index (κ2) is 6.94. The van der Waals surface area contributed by atoms with Crippen molar-refractivity contribution in [2.45, 2.75) is 33.0 Å². The molecule has 3 heterocycles. The number of fused-ring (bicyclic) bond motifs is 1. The molecule has 0 aliphatic carbocycles. The number of aromatic nitrogens is 2. The Morgan fingerprint density at radius 2 is 2.11 bits per heavy atom. The molecule has 0 amide bonds. The van der Waals surface area contributed by atoms with E-state index in [2.05, 4.69) is 45.4 Å². The Morgan fingerprint density at radius 1 is 1.30 bits per heavy atom. The van der Waals surface area contributed by atoms with Gasteiger partial charge in [0.15, 0.2) is 12.0 Å². The zero-order valence-electron chi connectivity index (χ0n) is 16.4. The van der Waals surface area contributed by atoms with Gasteiger partial charge in [-0.05, 0) is 31.0 Å². The van der Waals surface area contributed by atoms with Crippen LogP contribution in [0.15, 0.2) is 28.3 Å². The molecule has 1 aromatic heterocycles. The van der Waals surface area contributed by atoms with Gasteiger partial charge in [-0.3, -0.25) is 10.1 Å². The van der Waals surface area contributed by atoms with Gasteiger partial charge < -0.3 is 16.0 Å². The van der Waals surface area contributed by atoms with Gasteiger partial charge in [0.2, 0.25) is 0 Å². The lowest BCUT2D eigenvalue weighted by molar-refractivity contribution is 0.223. The Hall–Kier alpha value is -2.45. The summed E-state index contributed by atoms with van der Waals surface area (Å²) in [5.41, 5.74) is 9.38. The summed E-state index contributed by atoms with van der Waals surface area (Å²) in [6.07, 6.45) is -0.334. The van der Waals surface area contributed by atoms with Gasteiger partial charge in [0.1, 0.15) is 5.84 Å². The number of H-pyrrole nitrogens is 1. The number of likely N-dealkylation sites (N-methyl/N-ethyl adjacent to an activating group) is 1. The third-order valence-electron chi connectivity index (χ3n) is 5.48. The topological polar surface area (TPSA) is 97.9 Å². The maximum atomic E-state index is 6.42. The lowest BCUT2D eigenvalue weighted by Gasteiger charge is -2.41. The first-order valence-electron chi connectivity index (χ1n) is 9.53. The number of nitrogens with zero attached hydrogens (tertiary/aromatic N) is 5. The number of aryl methyl sites for hydroxylation is 1. The standard InChI is InChI=1S/C19H28N8/c1-11(2)16-10-27(8-7-21-16)19-17(20)26(4)25-18(22-19)13-5-6-15-14(9-13)12(3)23-24-15/h5-6,9,11,16-17,21H,7-8,10,20H2,1-4H3,(H,23,24). The summed E-state index contributed by atoms with van der Waals surface area (Å²) in [5, 5.41) is 18.4. The molecule has 0 saturated carbocycles. The number of benzene rings is 1. The summed E-state index contributed by atoms with van der Waals surface area (Å²) in [5.74, 6) is 2.14. The van der Waals surface area contributed by atoms with Gasteiger partial charge in [0.05, 0.1) is 5.52 Å². The molecule has 2 atom stereocenters. The smallest absolute Gasteiger partial charge is 0.181 e. The van der Waals surface area contributed by atoms with E-state index in [0.717, 1.165) is 47.6 Å². The van der Waals surface area contributed by atoms with Crippen LogP contribution in [0.5, 0.6) is 0 Å². The maximum absolute atomic E-state index is 6.42. The molecule has 0 spiro atoms. The number of hydrogen-bond acceptors (Lipinski definition) is 7. The summed E-state index contributed by atoms with van der Waals surface area (Å²) >= 11 is 0. The molecule has 144 valence electrons. The summed E-state index contributed by atoms with van der Waals surface area (Å²) in [6, 6.07) is 6.54. The van der Waals surface area contributed by atoms with Crippen LogP contribution in [0.4, 0.5) is 0 Å². The van der Waals surface area contributed by atoms with Crippen molar-refractivity contribution in [1.82, 2.24) is 25.4 Å². The molecule has 2 unspecified atom stereocenters. The van der Waals surface area contributed by atoms with Crippen molar-refractivity contribution in [3.05, 3.63) is 29.5 Å². The van der Waals surface area contributed by atoms with Gasteiger partial charge in [0, 0.05) is 49.4 Å². The number of nitrogens with two attached hydrogens (primary N) is 1. The van der Waals surface area contributed by atoms with Gasteiger partial charge in [0.25, 0.3) is 0 Å². The largest absolute Gasteiger partial charge is 0.354 e. The van der Waals surface area contributed by atoms with Crippen LogP contribution in [-0.2, 0) is 0 Å². The third-order valence-corrected chi connectivity index (χ3v) is 5.48. The molecule has 4 N–H and O–H groups in total. The average molecular weight is 368 g/mol. The van der Waals surface area contributed by atoms with Crippen LogP contribution in [0.1, 0.15) is 25.1 Å². The Balaban J connectivity index is 1.68. The number of piperazine rings is 1. The van der Waals surface area contributed by atoms with Gasteiger partial charge in [-0.2, -0.15) is 10.2 Å². The van der Waals surface area contributed by atoms with Gasteiger partial charge in [-0.15, -0.1) is 0 Å². The maximum Gasteiger partial charge on any atom is 0.181 e. The molecule has 2 aromatic rings. The zero-order valence-corrected chi connectivity index (χ0v) is 16.4. The highest BCUT2D eigenvalue weighted by molar-refractivity contribution is 6.10. The molecule has 2 aliphatic heterocycles. The van der Waals surface area contributed by atoms with Crippen molar-refractivity contribution < 1.29 is 0 Å². The van der Waals surface area contributed by atoms with Crippen molar-refractivity contribution in [1.29, 1.82) is 0 Å². The molecule has 0 bridgehead atoms. The molecule has 1 saturated heterocycles. The molecular weight excluding hydrogens is 340 g/mol. The minimum Gasteiger partial charge on any atom is -0.354 e. The first-order chi connectivity index (χ1) is 12.9. The SMILES string of the molecule is Cc1[nH]nc2ccc(C3=NN(C)C(N)C(N4CCNC(C(C)C)C4)=N3)cc12. The number of aromatic amines is 1. The number of rotatable bonds is 2. The molecule has 0 radical (unpaired) electrons. The molecule has 1 fully saturated rings. The molecule has 4 rings (SSSR count). The van der Waals surface area contributed by atoms with Crippen LogP contribution < -0.4 is 11.1 Å². The highest BCUT2D eigenvalue weighted by Crippen LogP contribution is 2.20. The monoisotopic (exact) mass is 368 g/mol. The molecule has 8 nitrogen and oxygen atoms in total. The number of aliphatic imine (C=N–C) groups is 1. The molecule has 8 heteroatoms. The van der Waals surface area contributed by atoms with E-state index in [9.17, 15) is 0 Å². The number of hydrogen-bond donors (Lipinski definition) is 3. The van der Waals surface area contributed by atoms with Crippen LogP contribution in [0.2, 0.25) is 0 Å². The van der Waals surface area contributed by atoms with Crippen LogP contribution in [0.3, 0.4) is 0 Å². The minimum absolute atomic E-state index is 0.334. The van der Waals surface area contributed by atoms with E-state index in [0.29, 0.717) is 17.8 Å². The highest BCUT2D eigenvalue weighted by Gasteiger charge is 2.31. The number of amidine groups is 2. The summed E-state index contributed by atoms with van der Waals surface area (Å²) < 4.78 is 0. The predicted octanol–water partition coefficient (Wildman–Crippen LogP) is 1.09. The first kappa shape index (κ1) is 17.9. The van der Waals surface area contributed by atoms with Crippen molar-refractivity contribution >= 4 is 22.6 Å². The Kier molecular flexibility index (Phi) is 4.61. The average Bonchev–Trinajstić information content (AvgIpc) is 3.04. The lowest BCUT2D eigenvalue weighted by Crippen LogP contribution is -2.60. The fraction of sp³-hybridized carbons (Fsp3) is 0.526. The van der Waals surface area contributed by atoms with Crippen LogP contribution in [0.25, 0.3) is 10.9 Å². The number of hydrazone groups is 1. The molecule has 1 aromatic carbocycles. The Labute approximate surface area is 159 Å². The van der Waals surface area contributed by atoms with Crippen LogP contribution in [-0.4, -0.2) is 70.7 Å². The van der Waals surface area contributed by atoms with Crippen molar-refractivity contribution in [2.24, 2.45) is 21.7 Å². The van der Waals surface area contributed by atoms with Crippen molar-refractivity contribution in [3.8, 4) is 0 Å². The quantitative estimate of drug-likeness (QED) is 0.737. The van der Waals surface area contributed by atoms with E-state index in [1.807, 2.05) is 26.1 Å². The first-order valence-corrected chi connectivity index (χ1v) is 9.53. The van der Waals surface area contributed by atoms with Gasteiger partial charge >= 0.3 is 0 Å². The van der Waals surface area contributed by atoms with Gasteiger partial charge in [-0.1, -0.05) is 13.8 Å². The Morgan fingerprint density at radius 3 is 2.89 bits per heavy atom. The minimum atomic E-state index is -0.334. The lowest BCUT2D eigenvalue weighted by atomic mass is 10.0.